The molecule has 3 heteroatoms. The van der Waals surface area contributed by atoms with Crippen LogP contribution in [0.15, 0.2) is 42.5 Å². The second-order valence-corrected chi connectivity index (χ2v) is 5.65. The molecule has 3 nitrogen and oxygen atoms in total. The van der Waals surface area contributed by atoms with Crippen LogP contribution < -0.4 is 0 Å². The van der Waals surface area contributed by atoms with Crippen molar-refractivity contribution >= 4 is 0 Å². The Labute approximate surface area is 131 Å². The van der Waals surface area contributed by atoms with Crippen molar-refractivity contribution in [2.45, 2.75) is 27.7 Å². The van der Waals surface area contributed by atoms with Gasteiger partial charge < -0.3 is 0 Å². The van der Waals surface area contributed by atoms with Crippen molar-refractivity contribution in [1.29, 1.82) is 0 Å². The van der Waals surface area contributed by atoms with Crippen molar-refractivity contribution in [1.82, 2.24) is 15.0 Å². The van der Waals surface area contributed by atoms with E-state index in [1.165, 1.54) is 16.7 Å². The molecule has 0 saturated carbocycles. The van der Waals surface area contributed by atoms with E-state index in [4.69, 9.17) is 4.98 Å². The first kappa shape index (κ1) is 14.4. The van der Waals surface area contributed by atoms with E-state index in [0.717, 1.165) is 22.8 Å². The molecule has 0 saturated heterocycles. The molecule has 3 aromatic rings. The molecule has 0 N–H and O–H groups in total. The molecule has 0 atom stereocenters. The van der Waals surface area contributed by atoms with Gasteiger partial charge in [0.25, 0.3) is 0 Å². The summed E-state index contributed by atoms with van der Waals surface area (Å²) in [6, 6.07) is 14.3. The third-order valence-electron chi connectivity index (χ3n) is 3.70. The van der Waals surface area contributed by atoms with E-state index in [0.29, 0.717) is 5.82 Å². The molecule has 0 aliphatic rings. The summed E-state index contributed by atoms with van der Waals surface area (Å²) >= 11 is 0. The number of pyridine rings is 1. The third kappa shape index (κ3) is 2.75. The second-order valence-electron chi connectivity index (χ2n) is 5.65. The van der Waals surface area contributed by atoms with Crippen LogP contribution in [0, 0.1) is 27.7 Å². The number of rotatable bonds is 2. The van der Waals surface area contributed by atoms with Crippen LogP contribution in [0.4, 0.5) is 0 Å². The van der Waals surface area contributed by atoms with Gasteiger partial charge in [-0.05, 0) is 57.0 Å². The van der Waals surface area contributed by atoms with Gasteiger partial charge in [0, 0.05) is 17.0 Å². The largest absolute Gasteiger partial charge is 0.244 e. The van der Waals surface area contributed by atoms with Gasteiger partial charge in [-0.1, -0.05) is 24.3 Å². The highest BCUT2D eigenvalue weighted by Gasteiger charge is 2.10. The summed E-state index contributed by atoms with van der Waals surface area (Å²) in [5.74, 6) is 0.686. The molecule has 0 spiro atoms. The summed E-state index contributed by atoms with van der Waals surface area (Å²) in [5, 5.41) is 0. The quantitative estimate of drug-likeness (QED) is 0.700. The molecule has 0 bridgehead atoms. The SMILES string of the molecule is Cc1cc(C)nc(-c2cccc(-c3c(C)cccc3C)n2)n1. The molecule has 1 aromatic carbocycles. The molecule has 0 unspecified atom stereocenters. The predicted octanol–water partition coefficient (Wildman–Crippen LogP) is 4.44. The Hall–Kier alpha value is -2.55. The van der Waals surface area contributed by atoms with Gasteiger partial charge in [-0.15, -0.1) is 0 Å². The fourth-order valence-corrected chi connectivity index (χ4v) is 2.76. The van der Waals surface area contributed by atoms with Crippen LogP contribution in [-0.4, -0.2) is 15.0 Å². The monoisotopic (exact) mass is 289 g/mol. The molecule has 0 aliphatic carbocycles. The van der Waals surface area contributed by atoms with Crippen LogP contribution in [-0.2, 0) is 0 Å². The lowest BCUT2D eigenvalue weighted by molar-refractivity contribution is 1.05. The van der Waals surface area contributed by atoms with Crippen LogP contribution in [0.2, 0.25) is 0 Å². The lowest BCUT2D eigenvalue weighted by Crippen LogP contribution is -1.98. The molecule has 0 fully saturated rings. The first-order valence-electron chi connectivity index (χ1n) is 7.41. The van der Waals surface area contributed by atoms with Gasteiger partial charge in [0.05, 0.1) is 5.69 Å². The van der Waals surface area contributed by atoms with E-state index in [1.54, 1.807) is 0 Å². The Morgan fingerprint density at radius 2 is 1.18 bits per heavy atom. The minimum absolute atomic E-state index is 0.686. The van der Waals surface area contributed by atoms with Gasteiger partial charge in [0.2, 0.25) is 0 Å². The number of aromatic nitrogens is 3. The lowest BCUT2D eigenvalue weighted by Gasteiger charge is -2.10. The van der Waals surface area contributed by atoms with Crippen LogP contribution in [0.3, 0.4) is 0 Å². The second kappa shape index (κ2) is 5.68. The first-order chi connectivity index (χ1) is 10.5. The fraction of sp³-hybridized carbons (Fsp3) is 0.211. The van der Waals surface area contributed by atoms with Crippen LogP contribution in [0.5, 0.6) is 0 Å². The standard InChI is InChI=1S/C19H19N3/c1-12-7-5-8-13(2)18(12)16-9-6-10-17(22-16)19-20-14(3)11-15(4)21-19/h5-11H,1-4H3. The molecule has 0 amide bonds. The topological polar surface area (TPSA) is 38.7 Å². The minimum Gasteiger partial charge on any atom is -0.244 e. The predicted molar refractivity (Wildman–Crippen MR) is 89.6 cm³/mol. The smallest absolute Gasteiger partial charge is 0.178 e. The number of hydrogen-bond donors (Lipinski definition) is 0. The van der Waals surface area contributed by atoms with Crippen LogP contribution in [0.25, 0.3) is 22.8 Å². The third-order valence-corrected chi connectivity index (χ3v) is 3.70. The molecular weight excluding hydrogens is 270 g/mol. The van der Waals surface area contributed by atoms with Crippen molar-refractivity contribution in [2.75, 3.05) is 0 Å². The summed E-state index contributed by atoms with van der Waals surface area (Å²) in [6.45, 7) is 8.19. The summed E-state index contributed by atoms with van der Waals surface area (Å²) < 4.78 is 0. The highest BCUT2D eigenvalue weighted by molar-refractivity contribution is 5.69. The molecular formula is C19H19N3. The van der Waals surface area contributed by atoms with Gasteiger partial charge in [0.15, 0.2) is 5.82 Å². The highest BCUT2D eigenvalue weighted by atomic mass is 14.9. The van der Waals surface area contributed by atoms with Crippen molar-refractivity contribution < 1.29 is 0 Å². The molecule has 110 valence electrons. The molecule has 22 heavy (non-hydrogen) atoms. The maximum absolute atomic E-state index is 4.79. The Balaban J connectivity index is 2.14. The normalized spacial score (nSPS) is 10.7. The van der Waals surface area contributed by atoms with Crippen molar-refractivity contribution in [3.8, 4) is 22.8 Å². The van der Waals surface area contributed by atoms with E-state index in [9.17, 15) is 0 Å². The average molecular weight is 289 g/mol. The number of benzene rings is 1. The maximum Gasteiger partial charge on any atom is 0.178 e. The van der Waals surface area contributed by atoms with Crippen LogP contribution in [0.1, 0.15) is 22.5 Å². The van der Waals surface area contributed by atoms with Gasteiger partial charge >= 0.3 is 0 Å². The van der Waals surface area contributed by atoms with Gasteiger partial charge in [-0.3, -0.25) is 0 Å². The molecule has 0 radical (unpaired) electrons. The Morgan fingerprint density at radius 1 is 0.636 bits per heavy atom. The minimum atomic E-state index is 0.686. The molecule has 2 heterocycles. The Bertz CT molecular complexity index is 797. The van der Waals surface area contributed by atoms with E-state index in [2.05, 4.69) is 42.0 Å². The summed E-state index contributed by atoms with van der Waals surface area (Å²) in [6.07, 6.45) is 0. The van der Waals surface area contributed by atoms with Gasteiger partial charge in [-0.2, -0.15) is 0 Å². The molecule has 2 aromatic heterocycles. The summed E-state index contributed by atoms with van der Waals surface area (Å²) in [4.78, 5) is 13.8. The number of nitrogens with zero attached hydrogens (tertiary/aromatic N) is 3. The maximum atomic E-state index is 4.79. The van der Waals surface area contributed by atoms with Gasteiger partial charge in [0.1, 0.15) is 5.69 Å². The van der Waals surface area contributed by atoms with E-state index in [1.807, 2.05) is 38.1 Å². The van der Waals surface area contributed by atoms with E-state index < -0.39 is 0 Å². The molecule has 3 rings (SSSR count). The zero-order valence-electron chi connectivity index (χ0n) is 13.4. The zero-order valence-corrected chi connectivity index (χ0v) is 13.4. The fourth-order valence-electron chi connectivity index (χ4n) is 2.76. The average Bonchev–Trinajstić information content (AvgIpc) is 2.46. The summed E-state index contributed by atoms with van der Waals surface area (Å²) in [5.41, 5.74) is 7.34. The first-order valence-corrected chi connectivity index (χ1v) is 7.41. The van der Waals surface area contributed by atoms with Crippen molar-refractivity contribution in [2.24, 2.45) is 0 Å². The van der Waals surface area contributed by atoms with Crippen LogP contribution >= 0.6 is 0 Å². The van der Waals surface area contributed by atoms with E-state index in [-0.39, 0.29) is 0 Å². The van der Waals surface area contributed by atoms with Gasteiger partial charge in [-0.25, -0.2) is 15.0 Å². The summed E-state index contributed by atoms with van der Waals surface area (Å²) in [7, 11) is 0. The van der Waals surface area contributed by atoms with E-state index >= 15 is 0 Å². The van der Waals surface area contributed by atoms with Crippen molar-refractivity contribution in [3.63, 3.8) is 0 Å². The molecule has 0 aliphatic heterocycles. The number of hydrogen-bond acceptors (Lipinski definition) is 3. The highest BCUT2D eigenvalue weighted by Crippen LogP contribution is 2.27. The van der Waals surface area contributed by atoms with Crippen molar-refractivity contribution in [3.05, 3.63) is 65.0 Å². The number of aryl methyl sites for hydroxylation is 4. The lowest BCUT2D eigenvalue weighted by atomic mass is 9.99. The Kier molecular flexibility index (Phi) is 3.72. The zero-order chi connectivity index (χ0) is 15.7. The Morgan fingerprint density at radius 3 is 1.82 bits per heavy atom.